The number of nitrogens with one attached hydrogen (secondary N) is 1. The van der Waals surface area contributed by atoms with Crippen LogP contribution in [0.5, 0.6) is 0 Å². The molecule has 1 aliphatic heterocycles. The molecule has 3 aromatic rings. The van der Waals surface area contributed by atoms with Gasteiger partial charge in [0, 0.05) is 32.0 Å². The zero-order chi connectivity index (χ0) is 25.8. The highest BCUT2D eigenvalue weighted by atomic mass is 16.2. The Labute approximate surface area is 210 Å². The number of amides is 3. The monoisotopic (exact) mass is 484 g/mol. The summed E-state index contributed by atoms with van der Waals surface area (Å²) in [5, 5.41) is 2.83. The SMILES string of the molecule is Cc1ccccc1CN(CC(=O)Nc1ccc(N(C)C)cc1)C(=O)CN1C(=O)C(=O)c2ccccc21. The molecule has 0 saturated heterocycles. The maximum absolute atomic E-state index is 13.4. The number of benzene rings is 3. The van der Waals surface area contributed by atoms with Crippen LogP contribution >= 0.6 is 0 Å². The Morgan fingerprint density at radius 3 is 2.25 bits per heavy atom. The summed E-state index contributed by atoms with van der Waals surface area (Å²) >= 11 is 0. The zero-order valence-electron chi connectivity index (χ0n) is 20.5. The quantitative estimate of drug-likeness (QED) is 0.496. The maximum atomic E-state index is 13.4. The van der Waals surface area contributed by atoms with E-state index in [2.05, 4.69) is 5.32 Å². The van der Waals surface area contributed by atoms with Crippen molar-refractivity contribution >= 4 is 40.6 Å². The topological polar surface area (TPSA) is 90.0 Å². The minimum atomic E-state index is -0.745. The third-order valence-electron chi connectivity index (χ3n) is 6.15. The fourth-order valence-electron chi connectivity index (χ4n) is 4.08. The number of hydrogen-bond acceptors (Lipinski definition) is 5. The first-order chi connectivity index (χ1) is 17.2. The Morgan fingerprint density at radius 1 is 0.889 bits per heavy atom. The van der Waals surface area contributed by atoms with E-state index in [9.17, 15) is 19.2 Å². The lowest BCUT2D eigenvalue weighted by molar-refractivity contribution is -0.134. The van der Waals surface area contributed by atoms with Crippen molar-refractivity contribution in [3.8, 4) is 0 Å². The van der Waals surface area contributed by atoms with Crippen LogP contribution < -0.4 is 15.1 Å². The number of ketones is 1. The van der Waals surface area contributed by atoms with Gasteiger partial charge in [0.15, 0.2) is 0 Å². The average molecular weight is 485 g/mol. The predicted octanol–water partition coefficient (Wildman–Crippen LogP) is 3.26. The number of para-hydroxylation sites is 1. The molecule has 8 nitrogen and oxygen atoms in total. The summed E-state index contributed by atoms with van der Waals surface area (Å²) in [5.41, 5.74) is 4.16. The van der Waals surface area contributed by atoms with Gasteiger partial charge in [-0.05, 0) is 54.4 Å². The predicted molar refractivity (Wildman–Crippen MR) is 139 cm³/mol. The fraction of sp³-hybridized carbons (Fsp3) is 0.214. The lowest BCUT2D eigenvalue weighted by Gasteiger charge is -2.26. The first kappa shape index (κ1) is 24.7. The molecule has 0 radical (unpaired) electrons. The van der Waals surface area contributed by atoms with Gasteiger partial charge in [-0.15, -0.1) is 0 Å². The molecule has 0 atom stereocenters. The minimum Gasteiger partial charge on any atom is -0.378 e. The van der Waals surface area contributed by atoms with Crippen LogP contribution in [0.4, 0.5) is 17.1 Å². The third-order valence-corrected chi connectivity index (χ3v) is 6.15. The number of nitrogens with zero attached hydrogens (tertiary/aromatic N) is 3. The molecule has 1 N–H and O–H groups in total. The molecule has 0 aromatic heterocycles. The molecule has 1 aliphatic rings. The lowest BCUT2D eigenvalue weighted by Crippen LogP contribution is -2.45. The molecule has 0 spiro atoms. The smallest absolute Gasteiger partial charge is 0.299 e. The van der Waals surface area contributed by atoms with Crippen molar-refractivity contribution in [2.45, 2.75) is 13.5 Å². The van der Waals surface area contributed by atoms with Crippen LogP contribution in [-0.2, 0) is 20.9 Å². The van der Waals surface area contributed by atoms with Crippen molar-refractivity contribution in [3.63, 3.8) is 0 Å². The molecule has 184 valence electrons. The molecular formula is C28H28N4O4. The molecule has 0 saturated carbocycles. The van der Waals surface area contributed by atoms with Gasteiger partial charge in [0.1, 0.15) is 13.1 Å². The van der Waals surface area contributed by atoms with E-state index in [4.69, 9.17) is 0 Å². The summed E-state index contributed by atoms with van der Waals surface area (Å²) < 4.78 is 0. The van der Waals surface area contributed by atoms with Crippen LogP contribution in [0.15, 0.2) is 72.8 Å². The van der Waals surface area contributed by atoms with E-state index in [0.29, 0.717) is 11.4 Å². The van der Waals surface area contributed by atoms with E-state index in [-0.39, 0.29) is 31.1 Å². The summed E-state index contributed by atoms with van der Waals surface area (Å²) in [7, 11) is 3.86. The number of Topliss-reactive ketones (excluding diaryl/α,β-unsaturated/α-hetero) is 1. The van der Waals surface area contributed by atoms with Crippen molar-refractivity contribution in [1.82, 2.24) is 4.90 Å². The van der Waals surface area contributed by atoms with Gasteiger partial charge in [0.2, 0.25) is 11.8 Å². The van der Waals surface area contributed by atoms with Gasteiger partial charge in [0.25, 0.3) is 11.7 Å². The maximum Gasteiger partial charge on any atom is 0.299 e. The minimum absolute atomic E-state index is 0.191. The van der Waals surface area contributed by atoms with Gasteiger partial charge in [-0.2, -0.15) is 0 Å². The fourth-order valence-corrected chi connectivity index (χ4v) is 4.08. The van der Waals surface area contributed by atoms with Gasteiger partial charge in [-0.25, -0.2) is 0 Å². The average Bonchev–Trinajstić information content (AvgIpc) is 3.10. The molecular weight excluding hydrogens is 456 g/mol. The molecule has 0 unspecified atom stereocenters. The Kier molecular flexibility index (Phi) is 7.15. The normalized spacial score (nSPS) is 12.4. The van der Waals surface area contributed by atoms with Crippen molar-refractivity contribution in [2.75, 3.05) is 42.3 Å². The second-order valence-electron chi connectivity index (χ2n) is 8.90. The van der Waals surface area contributed by atoms with Crippen LogP contribution in [0, 0.1) is 6.92 Å². The molecule has 0 bridgehead atoms. The van der Waals surface area contributed by atoms with Crippen LogP contribution in [0.1, 0.15) is 21.5 Å². The van der Waals surface area contributed by atoms with Gasteiger partial charge in [0.05, 0.1) is 11.3 Å². The Hall–Kier alpha value is -4.46. The third kappa shape index (κ3) is 5.27. The van der Waals surface area contributed by atoms with E-state index < -0.39 is 17.6 Å². The van der Waals surface area contributed by atoms with Gasteiger partial charge >= 0.3 is 0 Å². The van der Waals surface area contributed by atoms with Crippen molar-refractivity contribution < 1.29 is 19.2 Å². The van der Waals surface area contributed by atoms with Crippen LogP contribution in [0.3, 0.4) is 0 Å². The highest BCUT2D eigenvalue weighted by Crippen LogP contribution is 2.28. The highest BCUT2D eigenvalue weighted by molar-refractivity contribution is 6.52. The van der Waals surface area contributed by atoms with E-state index in [1.54, 1.807) is 36.4 Å². The van der Waals surface area contributed by atoms with Crippen LogP contribution in [0.25, 0.3) is 0 Å². The van der Waals surface area contributed by atoms with Crippen molar-refractivity contribution in [1.29, 1.82) is 0 Å². The molecule has 1 heterocycles. The van der Waals surface area contributed by atoms with Gasteiger partial charge in [-0.1, -0.05) is 36.4 Å². The largest absolute Gasteiger partial charge is 0.378 e. The number of carbonyl (C=O) groups excluding carboxylic acids is 4. The molecule has 8 heteroatoms. The molecule has 3 amide bonds. The van der Waals surface area contributed by atoms with E-state index >= 15 is 0 Å². The highest BCUT2D eigenvalue weighted by Gasteiger charge is 2.37. The van der Waals surface area contributed by atoms with E-state index in [1.165, 1.54) is 9.80 Å². The Morgan fingerprint density at radius 2 is 1.56 bits per heavy atom. The zero-order valence-corrected chi connectivity index (χ0v) is 20.5. The van der Waals surface area contributed by atoms with Gasteiger partial charge < -0.3 is 15.1 Å². The molecule has 36 heavy (non-hydrogen) atoms. The van der Waals surface area contributed by atoms with E-state index in [1.807, 2.05) is 62.3 Å². The second-order valence-corrected chi connectivity index (χ2v) is 8.90. The number of carbonyl (C=O) groups is 4. The summed E-state index contributed by atoms with van der Waals surface area (Å²) in [5.74, 6) is -2.18. The standard InChI is InChI=1S/C28H28N4O4/c1-19-8-4-5-9-20(19)16-31(17-25(33)29-21-12-14-22(15-13-21)30(2)3)26(34)18-32-24-11-7-6-10-23(24)27(35)28(32)36/h4-15H,16-18H2,1-3H3,(H,29,33). The number of rotatable bonds is 8. The number of hydrogen-bond donors (Lipinski definition) is 1. The second kappa shape index (κ2) is 10.4. The van der Waals surface area contributed by atoms with Crippen LogP contribution in [0.2, 0.25) is 0 Å². The number of aryl methyl sites for hydroxylation is 1. The summed E-state index contributed by atoms with van der Waals surface area (Å²) in [4.78, 5) is 55.8. The van der Waals surface area contributed by atoms with Crippen molar-refractivity contribution in [3.05, 3.63) is 89.5 Å². The van der Waals surface area contributed by atoms with E-state index in [0.717, 1.165) is 16.8 Å². The molecule has 0 aliphatic carbocycles. The lowest BCUT2D eigenvalue weighted by atomic mass is 10.1. The molecule has 4 rings (SSSR count). The van der Waals surface area contributed by atoms with Crippen LogP contribution in [-0.4, -0.2) is 55.6 Å². The molecule has 0 fully saturated rings. The molecule has 3 aromatic carbocycles. The first-order valence-electron chi connectivity index (χ1n) is 11.6. The van der Waals surface area contributed by atoms with Crippen molar-refractivity contribution in [2.24, 2.45) is 0 Å². The summed E-state index contributed by atoms with van der Waals surface area (Å²) in [6, 6.07) is 21.6. The first-order valence-corrected chi connectivity index (χ1v) is 11.6. The summed E-state index contributed by atoms with van der Waals surface area (Å²) in [6.07, 6.45) is 0. The Bertz CT molecular complexity index is 1320. The summed E-state index contributed by atoms with van der Waals surface area (Å²) in [6.45, 7) is 1.58. The number of fused-ring (bicyclic) bond motifs is 1. The Balaban J connectivity index is 1.53. The number of anilines is 3. The van der Waals surface area contributed by atoms with Gasteiger partial charge in [-0.3, -0.25) is 24.1 Å².